The molecule has 0 amide bonds. The van der Waals surface area contributed by atoms with Crippen molar-refractivity contribution >= 4 is 39.6 Å². The van der Waals surface area contributed by atoms with Gasteiger partial charge in [0.1, 0.15) is 23.6 Å². The van der Waals surface area contributed by atoms with Crippen LogP contribution in [0.15, 0.2) is 188 Å². The van der Waals surface area contributed by atoms with E-state index in [9.17, 15) is 19.2 Å². The van der Waals surface area contributed by atoms with Gasteiger partial charge in [0.2, 0.25) is 0 Å². The van der Waals surface area contributed by atoms with Crippen LogP contribution in [0.4, 0.5) is 4.70 Å². The number of Topliss-reactive ketones (excluding diaryl/α,β-unsaturated/α-hetero) is 3. The highest BCUT2D eigenvalue weighted by atomic mass is 79.9. The second-order valence-electron chi connectivity index (χ2n) is 40.5. The number of alkyl halides is 1. The third kappa shape index (κ3) is 48.2. The van der Waals surface area contributed by atoms with E-state index >= 15 is 0 Å². The maximum Gasteiger partial charge on any atom is 0.146 e. The number of aromatic nitrogens is 8. The van der Waals surface area contributed by atoms with Crippen molar-refractivity contribution in [3.8, 4) is 0 Å². The number of allylic oxidation sites excluding steroid dienone is 1. The molecule has 22 heteroatoms. The molecule has 8 saturated heterocycles. The Morgan fingerprint density at radius 3 is 1.09 bits per heavy atom. The van der Waals surface area contributed by atoms with E-state index in [-0.39, 0.29) is 40.1 Å². The van der Waals surface area contributed by atoms with Gasteiger partial charge in [-0.1, -0.05) is 284 Å². The van der Waals surface area contributed by atoms with E-state index in [1.54, 1.807) is 5.57 Å². The van der Waals surface area contributed by atoms with Crippen LogP contribution in [-0.4, -0.2) is 241 Å². The highest BCUT2D eigenvalue weighted by Crippen LogP contribution is 2.34. The lowest BCUT2D eigenvalue weighted by Crippen LogP contribution is -2.38. The predicted octanol–water partition coefficient (Wildman–Crippen LogP) is 25.2. The van der Waals surface area contributed by atoms with Crippen LogP contribution < -0.4 is 10.6 Å². The SMILES string of the molecule is BrCCCc1ccccc1.C.C.C.CCCCc1ccccc1.CCN1CCC(=CCCc2ccccc2)CC1.CCN1CCC(=O)CC1.CCN1CCC(C(=O)C(C=O)Cc2ccccc2)CC1.CCN1CCC(C(=O)CCc2ccccc2)CC1.CCc1cn(C)nc1C1CCN(CC)CC1.CCc1cn(C)nc1C1CCNCC1.CCc1cnn(C)c1C1CCN(CC)CC1.CCc1cnn(C)c1C1CCNCC1.F.[3HH]. The van der Waals surface area contributed by atoms with E-state index in [0.29, 0.717) is 42.2 Å². The average molecular weight is 2110 g/mol. The minimum atomic E-state index is -0.476. The fourth-order valence-corrected chi connectivity index (χ4v) is 21.6. The Bertz CT molecular complexity index is 4830. The lowest BCUT2D eigenvalue weighted by molar-refractivity contribution is -0.131. The van der Waals surface area contributed by atoms with Crippen molar-refractivity contribution in [3.63, 3.8) is 0 Å². The van der Waals surface area contributed by atoms with Crippen LogP contribution in [0.2, 0.25) is 0 Å². The van der Waals surface area contributed by atoms with Crippen molar-refractivity contribution in [2.75, 3.05) is 149 Å². The van der Waals surface area contributed by atoms with Crippen molar-refractivity contribution in [2.45, 2.75) is 315 Å². The number of carbonyl (C=O) groups is 4. The first-order valence-electron chi connectivity index (χ1n) is 56.5. The fraction of sp³-hybridized carbons (Fsp3) is 0.619. The van der Waals surface area contributed by atoms with E-state index in [1.807, 2.05) is 84.4 Å². The van der Waals surface area contributed by atoms with Crippen molar-refractivity contribution in [1.29, 1.82) is 0 Å². The zero-order valence-corrected chi connectivity index (χ0v) is 94.2. The highest BCUT2D eigenvalue weighted by Gasteiger charge is 2.32. The van der Waals surface area contributed by atoms with Gasteiger partial charge >= 0.3 is 0 Å². The average Bonchev–Trinajstić information content (AvgIpc) is 1.67. The Morgan fingerprint density at radius 1 is 0.399 bits per heavy atom. The molecule has 828 valence electrons. The molecule has 4 aromatic heterocycles. The fourth-order valence-electron chi connectivity index (χ4n) is 21.3. The number of likely N-dealkylation sites (tertiary alicyclic amines) is 6. The minimum Gasteiger partial charge on any atom is -0.317 e. The first-order valence-corrected chi connectivity index (χ1v) is 57.7. The predicted molar refractivity (Wildman–Crippen MR) is 631 cm³/mol. The number of unbranched alkanes of at least 4 members (excludes halogenated alkanes) is 1. The highest BCUT2D eigenvalue weighted by molar-refractivity contribution is 9.09. The normalized spacial score (nSPS) is 17.0. The molecule has 0 aliphatic carbocycles. The molecule has 148 heavy (non-hydrogen) atoms. The van der Waals surface area contributed by atoms with Crippen LogP contribution >= 0.6 is 15.9 Å². The van der Waals surface area contributed by atoms with Gasteiger partial charge in [0, 0.05) is 140 Å². The van der Waals surface area contributed by atoms with Gasteiger partial charge in [-0.05, 0) is 335 Å². The molecule has 0 saturated carbocycles. The summed E-state index contributed by atoms with van der Waals surface area (Å²) in [4.78, 5) is 61.3. The molecule has 5 aromatic carbocycles. The van der Waals surface area contributed by atoms with E-state index in [4.69, 9.17) is 0 Å². The Morgan fingerprint density at radius 2 is 0.723 bits per heavy atom. The summed E-state index contributed by atoms with van der Waals surface area (Å²) < 4.78 is 8.08. The van der Waals surface area contributed by atoms with Gasteiger partial charge in [0.25, 0.3) is 0 Å². The lowest BCUT2D eigenvalue weighted by Gasteiger charge is -2.31. The van der Waals surface area contributed by atoms with Gasteiger partial charge in [0.05, 0.1) is 29.7 Å². The minimum absolute atomic E-state index is 0. The molecular weight excluding hydrogens is 1900 g/mol. The Balaban J connectivity index is 0.000000427. The summed E-state index contributed by atoms with van der Waals surface area (Å²) in [7, 11) is 8.20. The van der Waals surface area contributed by atoms with Gasteiger partial charge in [0.15, 0.2) is 0 Å². The second kappa shape index (κ2) is 77.7. The Labute approximate surface area is 909 Å². The van der Waals surface area contributed by atoms with Gasteiger partial charge in [-0.25, -0.2) is 0 Å². The van der Waals surface area contributed by atoms with E-state index in [2.05, 4.69) is 298 Å². The van der Waals surface area contributed by atoms with Crippen LogP contribution in [0.1, 0.15) is 331 Å². The molecule has 8 fully saturated rings. The van der Waals surface area contributed by atoms with E-state index in [1.165, 1.54) is 235 Å². The summed E-state index contributed by atoms with van der Waals surface area (Å²) >= 11 is 3.41. The van der Waals surface area contributed by atoms with Crippen LogP contribution in [0.25, 0.3) is 0 Å². The molecule has 8 aliphatic rings. The van der Waals surface area contributed by atoms with Crippen molar-refractivity contribution in [2.24, 2.45) is 45.9 Å². The number of hydrogen-bond acceptors (Lipinski definition) is 16. The molecule has 1 unspecified atom stereocenters. The molecule has 2 N–H and O–H groups in total. The number of nitrogens with one attached hydrogen (secondary N) is 2. The summed E-state index contributed by atoms with van der Waals surface area (Å²) in [5, 5.41) is 25.9. The Hall–Kier alpha value is -8.55. The van der Waals surface area contributed by atoms with Crippen LogP contribution in [0.5, 0.6) is 0 Å². The number of piperidine rings is 8. The quantitative estimate of drug-likeness (QED) is 0.0176. The summed E-state index contributed by atoms with van der Waals surface area (Å²) in [6, 6.07) is 52.1. The zero-order valence-electron chi connectivity index (χ0n) is 92.6. The van der Waals surface area contributed by atoms with Crippen molar-refractivity contribution in [3.05, 3.63) is 261 Å². The number of benzene rings is 5. The number of ketones is 3. The number of halogens is 2. The van der Waals surface area contributed by atoms with Crippen LogP contribution in [0.3, 0.4) is 0 Å². The van der Waals surface area contributed by atoms with E-state index < -0.39 is 5.92 Å². The third-order valence-electron chi connectivity index (χ3n) is 30.7. The number of nitrogens with zero attached hydrogens (tertiary/aromatic N) is 14. The summed E-state index contributed by atoms with van der Waals surface area (Å²) in [6.45, 7) is 49.3. The number of aryl methyl sites for hydroxylation is 12. The maximum absolute atomic E-state index is 12.5. The summed E-state index contributed by atoms with van der Waals surface area (Å²) in [6.07, 6.45) is 45.1. The molecular formula is C126H206BrFN16O4. The lowest BCUT2D eigenvalue weighted by atomic mass is 9.83. The molecule has 12 heterocycles. The molecule has 9 aromatic rings. The van der Waals surface area contributed by atoms with Crippen molar-refractivity contribution in [1.82, 2.24) is 79.2 Å². The number of hydrogen-bond donors (Lipinski definition) is 2. The van der Waals surface area contributed by atoms with Gasteiger partial charge in [-0.15, -0.1) is 0 Å². The first-order chi connectivity index (χ1) is 70.2. The number of rotatable bonds is 32. The molecule has 0 radical (unpaired) electrons. The van der Waals surface area contributed by atoms with E-state index in [0.717, 1.165) is 185 Å². The topological polar surface area (TPSA) is 183 Å². The number of aldehydes is 1. The second-order valence-corrected chi connectivity index (χ2v) is 41.3. The monoisotopic (exact) mass is 2110 g/mol. The third-order valence-corrected chi connectivity index (χ3v) is 31.3. The summed E-state index contributed by atoms with van der Waals surface area (Å²) in [5.41, 5.74) is 19.8. The smallest absolute Gasteiger partial charge is 0.146 e. The van der Waals surface area contributed by atoms with Crippen LogP contribution in [0, 0.1) is 17.8 Å². The van der Waals surface area contributed by atoms with Gasteiger partial charge < -0.3 is 44.8 Å². The van der Waals surface area contributed by atoms with Crippen molar-refractivity contribution < 1.29 is 25.3 Å². The Kier molecular flexibility index (Phi) is 69.2. The molecule has 0 spiro atoms. The molecule has 20 nitrogen and oxygen atoms in total. The largest absolute Gasteiger partial charge is 0.317 e. The molecule has 8 aliphatic heterocycles. The zero-order chi connectivity index (χ0) is 103. The number of carbonyl (C=O) groups excluding carboxylic acids is 4. The standard InChI is InChI=1S/C17H23NO2.C16H23NO.C16H23N.2C13H23N3.2C11H19N3.C10H14.C9H11Br.C7H13NO.3CH4.FH.H2/c1-2-18-10-8-15(9-11-18)17(20)16(13-19)12-14-6-4-3-5-7-14;1-2-17-12-10-15(11-13-17)16(18)9-8-14-6-4-3-5-7-14;1-2-17-13-11-16(12-14-17)10-6-9-15-7-4-3-5-8-15;1-4-11-10-15(3)14-13(11)12-6-8-16(5-2)9-7-12;1-4-11-10-14-15(3)13(11)12-6-8-16(5-2)9-7-12;1-3-9-8-14(2)13-11(9)10-4-6-12-7-5-10;1-3-9-8-13-14(2)11(9)10-4-6-12-7-5-10;1-2-3-7-10-8-5-4-6-9-10;10-8-4-7-9-5-2-1-3-6-9;1-2-8-5-3-7(9)4-6-8;;;;;/h3-7,13,15-16H,2,8-12H2,1H3;3-7,15H,2,8-13H2,1H3;3-5,7-8,10H,2,6,9,11-14H2,1H3;2*10,12H,4-9H2,1-3H3;2*8,10,12H,3-7H2,1-2H3;4-6,8-9H,2-3,7H2,1H3;1-3,5-6H,4,7-8H2;2-6H2,1H3;3*1H4;2*1H/i;;;;;;;;;;;;;;1+2. The first kappa shape index (κ1) is 132. The van der Waals surface area contributed by atoms with Gasteiger partial charge in [-0.2, -0.15) is 20.4 Å². The molecule has 0 bridgehead atoms. The molecule has 1 atom stereocenters. The summed E-state index contributed by atoms with van der Waals surface area (Å²) in [5.74, 6) is 3.77. The van der Waals surface area contributed by atoms with Crippen LogP contribution in [-0.2, 0) is 105 Å². The molecule has 17 rings (SSSR count). The van der Waals surface area contributed by atoms with Gasteiger partial charge in [-0.3, -0.25) is 37.8 Å². The maximum atomic E-state index is 12.5.